The van der Waals surface area contributed by atoms with Crippen LogP contribution in [0.5, 0.6) is 11.5 Å². The van der Waals surface area contributed by atoms with Gasteiger partial charge in [-0.05, 0) is 73.4 Å². The molecule has 6 nitrogen and oxygen atoms in total. The van der Waals surface area contributed by atoms with Crippen molar-refractivity contribution in [3.8, 4) is 28.6 Å². The Labute approximate surface area is 203 Å². The van der Waals surface area contributed by atoms with Gasteiger partial charge in [0, 0.05) is 22.8 Å². The summed E-state index contributed by atoms with van der Waals surface area (Å²) in [5.74, 6) is 2.18. The minimum atomic E-state index is 0.521. The average molecular weight is 481 g/mol. The fourth-order valence-electron chi connectivity index (χ4n) is 3.66. The zero-order valence-corrected chi connectivity index (χ0v) is 20.3. The first-order valence-corrected chi connectivity index (χ1v) is 11.2. The van der Waals surface area contributed by atoms with Crippen molar-refractivity contribution in [1.29, 1.82) is 0 Å². The highest BCUT2D eigenvalue weighted by atomic mass is 35.5. The van der Waals surface area contributed by atoms with Gasteiger partial charge in [0.25, 0.3) is 0 Å². The van der Waals surface area contributed by atoms with E-state index in [1.807, 2.05) is 89.1 Å². The highest BCUT2D eigenvalue weighted by molar-refractivity contribution is 7.71. The molecule has 0 aliphatic heterocycles. The summed E-state index contributed by atoms with van der Waals surface area (Å²) in [5, 5.41) is 5.55. The maximum Gasteiger partial charge on any atom is 0.204 e. The Morgan fingerprint density at radius 3 is 2.30 bits per heavy atom. The molecule has 0 N–H and O–H groups in total. The number of para-hydroxylation sites is 1. The number of benzene rings is 3. The van der Waals surface area contributed by atoms with Gasteiger partial charge in [0.05, 0.1) is 20.9 Å². The maximum atomic E-state index is 6.10. The van der Waals surface area contributed by atoms with E-state index in [0.717, 1.165) is 22.6 Å². The van der Waals surface area contributed by atoms with Gasteiger partial charge in [-0.3, -0.25) is 9.47 Å². The number of rotatable bonds is 8. The summed E-state index contributed by atoms with van der Waals surface area (Å²) in [6.45, 7) is 1.21. The van der Waals surface area contributed by atoms with E-state index >= 15 is 0 Å². The van der Waals surface area contributed by atoms with Gasteiger partial charge in [-0.1, -0.05) is 35.9 Å². The van der Waals surface area contributed by atoms with E-state index in [2.05, 4.69) is 4.90 Å². The predicted octanol–water partition coefficient (Wildman–Crippen LogP) is 5.83. The molecule has 0 spiro atoms. The second-order valence-electron chi connectivity index (χ2n) is 7.63. The van der Waals surface area contributed by atoms with E-state index in [1.165, 1.54) is 0 Å². The molecule has 0 unspecified atom stereocenters. The highest BCUT2D eigenvalue weighted by Gasteiger charge is 2.16. The lowest BCUT2D eigenvalue weighted by molar-refractivity contribution is 0.243. The smallest absolute Gasteiger partial charge is 0.204 e. The van der Waals surface area contributed by atoms with Crippen molar-refractivity contribution in [2.45, 2.75) is 13.2 Å². The molecule has 0 atom stereocenters. The molecule has 0 bridgehead atoms. The Kier molecular flexibility index (Phi) is 7.13. The van der Waals surface area contributed by atoms with E-state index in [0.29, 0.717) is 34.5 Å². The van der Waals surface area contributed by atoms with Crippen LogP contribution in [0, 0.1) is 4.77 Å². The molecule has 0 amide bonds. The van der Waals surface area contributed by atoms with Gasteiger partial charge in [-0.15, -0.1) is 5.10 Å². The van der Waals surface area contributed by atoms with Crippen molar-refractivity contribution in [2.24, 2.45) is 0 Å². The highest BCUT2D eigenvalue weighted by Crippen LogP contribution is 2.28. The standard InChI is InChI=1S/C25H25ClN4O2S/c1-28(16-18-9-14-22(31-2)23(15-18)32-3)17-29-25(33)30(21-7-5-4-6-8-21)24(27-29)19-10-12-20(26)13-11-19/h4-15H,16-17H2,1-3H3. The van der Waals surface area contributed by atoms with Crippen LogP contribution < -0.4 is 9.47 Å². The molecule has 4 rings (SSSR count). The first-order chi connectivity index (χ1) is 16.0. The summed E-state index contributed by atoms with van der Waals surface area (Å²) in [6.07, 6.45) is 0. The fraction of sp³-hybridized carbons (Fsp3) is 0.200. The largest absolute Gasteiger partial charge is 0.493 e. The quantitative estimate of drug-likeness (QED) is 0.297. The molecule has 33 heavy (non-hydrogen) atoms. The van der Waals surface area contributed by atoms with Gasteiger partial charge >= 0.3 is 0 Å². The Morgan fingerprint density at radius 2 is 1.64 bits per heavy atom. The van der Waals surface area contributed by atoms with Crippen LogP contribution in [0.1, 0.15) is 5.56 Å². The molecule has 1 aromatic heterocycles. The normalized spacial score (nSPS) is 11.1. The number of methoxy groups -OCH3 is 2. The van der Waals surface area contributed by atoms with E-state index in [1.54, 1.807) is 14.2 Å². The summed E-state index contributed by atoms with van der Waals surface area (Å²) in [5.41, 5.74) is 3.00. The summed E-state index contributed by atoms with van der Waals surface area (Å²) in [7, 11) is 5.30. The molecular formula is C25H25ClN4O2S. The molecule has 0 fully saturated rings. The second kappa shape index (κ2) is 10.2. The predicted molar refractivity (Wildman–Crippen MR) is 134 cm³/mol. The van der Waals surface area contributed by atoms with E-state index in [-0.39, 0.29) is 0 Å². The third-order valence-electron chi connectivity index (χ3n) is 5.23. The number of ether oxygens (including phenoxy) is 2. The third-order valence-corrected chi connectivity index (χ3v) is 5.88. The zero-order chi connectivity index (χ0) is 23.4. The van der Waals surface area contributed by atoms with Crippen molar-refractivity contribution in [3.05, 3.63) is 88.2 Å². The third kappa shape index (κ3) is 5.11. The van der Waals surface area contributed by atoms with Crippen molar-refractivity contribution in [1.82, 2.24) is 19.2 Å². The van der Waals surface area contributed by atoms with E-state index < -0.39 is 0 Å². The monoisotopic (exact) mass is 480 g/mol. The Morgan fingerprint density at radius 1 is 0.939 bits per heavy atom. The van der Waals surface area contributed by atoms with E-state index in [9.17, 15) is 0 Å². The SMILES string of the molecule is COc1ccc(CN(C)Cn2nc(-c3ccc(Cl)cc3)n(-c3ccccc3)c2=S)cc1OC. The van der Waals surface area contributed by atoms with Gasteiger partial charge < -0.3 is 9.47 Å². The van der Waals surface area contributed by atoms with Gasteiger partial charge in [-0.25, -0.2) is 4.68 Å². The average Bonchev–Trinajstić information content (AvgIpc) is 3.15. The van der Waals surface area contributed by atoms with Gasteiger partial charge in [-0.2, -0.15) is 0 Å². The van der Waals surface area contributed by atoms with Gasteiger partial charge in [0.1, 0.15) is 0 Å². The van der Waals surface area contributed by atoms with Crippen LogP contribution in [0.25, 0.3) is 17.1 Å². The molecular weight excluding hydrogens is 456 g/mol. The fourth-order valence-corrected chi connectivity index (χ4v) is 4.08. The number of hydrogen-bond donors (Lipinski definition) is 0. The van der Waals surface area contributed by atoms with Crippen LogP contribution in [0.3, 0.4) is 0 Å². The first-order valence-electron chi connectivity index (χ1n) is 10.4. The number of hydrogen-bond acceptors (Lipinski definition) is 5. The van der Waals surface area contributed by atoms with Crippen molar-refractivity contribution in [3.63, 3.8) is 0 Å². The second-order valence-corrected chi connectivity index (χ2v) is 8.43. The molecule has 8 heteroatoms. The molecule has 0 saturated carbocycles. The maximum absolute atomic E-state index is 6.10. The summed E-state index contributed by atoms with van der Waals surface area (Å²) in [6, 6.07) is 23.6. The minimum Gasteiger partial charge on any atom is -0.493 e. The summed E-state index contributed by atoms with van der Waals surface area (Å²) < 4.78 is 15.2. The van der Waals surface area contributed by atoms with Crippen LogP contribution in [0.2, 0.25) is 5.02 Å². The minimum absolute atomic E-state index is 0.521. The first kappa shape index (κ1) is 23.0. The molecule has 3 aromatic carbocycles. The molecule has 4 aromatic rings. The lowest BCUT2D eigenvalue weighted by atomic mass is 10.2. The molecule has 0 saturated heterocycles. The zero-order valence-electron chi connectivity index (χ0n) is 18.7. The van der Waals surface area contributed by atoms with Crippen molar-refractivity contribution < 1.29 is 9.47 Å². The molecule has 0 aliphatic carbocycles. The van der Waals surface area contributed by atoms with Crippen molar-refractivity contribution >= 4 is 23.8 Å². The van der Waals surface area contributed by atoms with Gasteiger partial charge in [0.2, 0.25) is 4.77 Å². The Bertz CT molecular complexity index is 1290. The lowest BCUT2D eigenvalue weighted by Crippen LogP contribution is -2.22. The van der Waals surface area contributed by atoms with E-state index in [4.69, 9.17) is 38.4 Å². The van der Waals surface area contributed by atoms with Crippen LogP contribution in [-0.4, -0.2) is 40.5 Å². The van der Waals surface area contributed by atoms with Crippen LogP contribution in [0.15, 0.2) is 72.8 Å². The summed E-state index contributed by atoms with van der Waals surface area (Å²) in [4.78, 5) is 2.14. The Balaban J connectivity index is 1.65. The van der Waals surface area contributed by atoms with Crippen LogP contribution in [-0.2, 0) is 13.2 Å². The van der Waals surface area contributed by atoms with Crippen LogP contribution >= 0.6 is 23.8 Å². The topological polar surface area (TPSA) is 44.5 Å². The lowest BCUT2D eigenvalue weighted by Gasteiger charge is -2.17. The molecule has 0 aliphatic rings. The molecule has 1 heterocycles. The molecule has 0 radical (unpaired) electrons. The number of halogens is 1. The van der Waals surface area contributed by atoms with Gasteiger partial charge in [0.15, 0.2) is 17.3 Å². The molecule has 170 valence electrons. The summed E-state index contributed by atoms with van der Waals surface area (Å²) >= 11 is 12.0. The van der Waals surface area contributed by atoms with Crippen molar-refractivity contribution in [2.75, 3.05) is 21.3 Å². The number of nitrogens with zero attached hydrogens (tertiary/aromatic N) is 4. The van der Waals surface area contributed by atoms with Crippen LogP contribution in [0.4, 0.5) is 0 Å². The number of aromatic nitrogens is 3. The Hall–Kier alpha value is -3.13.